The van der Waals surface area contributed by atoms with Crippen LogP contribution in [0.3, 0.4) is 0 Å². The van der Waals surface area contributed by atoms with Gasteiger partial charge in [-0.2, -0.15) is 0 Å². The quantitative estimate of drug-likeness (QED) is 0.153. The number of allylic oxidation sites excluding steroid dienone is 2. The number of aryl methyl sites for hydroxylation is 1. The third kappa shape index (κ3) is 6.80. The number of carbonyl (C=O) groups excluding carboxylic acids is 2. The average Bonchev–Trinajstić information content (AvgIpc) is 3.87. The summed E-state index contributed by atoms with van der Waals surface area (Å²) >= 11 is 0. The number of nitrogens with zero attached hydrogens (tertiary/aromatic N) is 1. The molecule has 11 atom stereocenters. The van der Waals surface area contributed by atoms with E-state index in [0.29, 0.717) is 55.8 Å². The van der Waals surface area contributed by atoms with E-state index in [1.165, 1.54) is 89.4 Å². The van der Waals surface area contributed by atoms with Gasteiger partial charge in [0.1, 0.15) is 11.9 Å². The molecule has 5 saturated carbocycles. The molecule has 0 amide bonds. The van der Waals surface area contributed by atoms with Crippen molar-refractivity contribution in [3.63, 3.8) is 0 Å². The van der Waals surface area contributed by atoms with E-state index in [-0.39, 0.29) is 40.5 Å². The Morgan fingerprint density at radius 2 is 1.55 bits per heavy atom. The van der Waals surface area contributed by atoms with Gasteiger partial charge in [-0.1, -0.05) is 90.2 Å². The number of aromatic nitrogens is 2. The average molecular weight is 965 g/mol. The summed E-state index contributed by atoms with van der Waals surface area (Å²) in [7, 11) is 0. The van der Waals surface area contributed by atoms with Gasteiger partial charge in [-0.05, 0) is 171 Å². The van der Waals surface area contributed by atoms with Crippen molar-refractivity contribution in [1.82, 2.24) is 9.55 Å². The Kier molecular flexibility index (Phi) is 10.9. The number of ketones is 2. The maximum absolute atomic E-state index is 15.8. The molecule has 1 spiro atoms. The zero-order valence-electron chi connectivity index (χ0n) is 44.1. The number of H-pyrrole nitrogens is 1. The molecule has 2 saturated heterocycles. The summed E-state index contributed by atoms with van der Waals surface area (Å²) in [5.41, 5.74) is 7.54. The highest BCUT2D eigenvalue weighted by atomic mass is 16.6. The molecule has 5 heterocycles. The lowest BCUT2D eigenvalue weighted by atomic mass is 9.31. The van der Waals surface area contributed by atoms with Gasteiger partial charge < -0.3 is 29.2 Å². The first-order valence-corrected chi connectivity index (χ1v) is 28.9. The standard InChI is InChI=1S/C63H84N2O6/c1-57(2)55(71-57)48(67)33-58(3)24-17-41-35-64-53-44(31-38-29-42(39-13-8-7-9-14-39)32-43(30-38)40-20-27-70-28-21-40)36-65(54(41)53)37-46-51-52(58)47(66)34-62(51)22-12-23-63(46,69)56-59(4)25-19-50(68)61(6,45-15-10-11-16-45)49(59)18-26-60(56,62)5/h12,23,29-30,32,35-36,39-40,45-46,48-49,55-56,64,67,69H,7-11,13-22,24-28,31,33-34,37H2,1-6H3/t46-,48-,49-,55-,56-,58+,59-,60+,61+,62+,63-/m1/s1. The van der Waals surface area contributed by atoms with Crippen LogP contribution in [0.4, 0.5) is 0 Å². The number of carbonyl (C=O) groups is 2. The van der Waals surface area contributed by atoms with Crippen LogP contribution < -0.4 is 0 Å². The van der Waals surface area contributed by atoms with Crippen molar-refractivity contribution < 1.29 is 29.3 Å². The molecule has 3 aliphatic heterocycles. The van der Waals surface area contributed by atoms with E-state index >= 15 is 4.79 Å². The Balaban J connectivity index is 0.978. The minimum absolute atomic E-state index is 0.141. The number of benzene rings is 1. The summed E-state index contributed by atoms with van der Waals surface area (Å²) in [6.07, 6.45) is 28.6. The summed E-state index contributed by atoms with van der Waals surface area (Å²) in [4.78, 5) is 34.2. The highest BCUT2D eigenvalue weighted by Crippen LogP contribution is 2.80. The molecule has 1 aromatic carbocycles. The molecule has 8 aliphatic carbocycles. The first-order chi connectivity index (χ1) is 33.9. The molecule has 71 heavy (non-hydrogen) atoms. The topological polar surface area (TPSA) is 117 Å². The third-order valence-corrected chi connectivity index (χ3v) is 23.4. The fourth-order valence-corrected chi connectivity index (χ4v) is 20.0. The van der Waals surface area contributed by atoms with Gasteiger partial charge in [0.05, 0.1) is 28.3 Å². The van der Waals surface area contributed by atoms with Gasteiger partial charge in [-0.25, -0.2) is 0 Å². The minimum atomic E-state index is -1.27. The number of hydrogen-bond acceptors (Lipinski definition) is 6. The van der Waals surface area contributed by atoms with Crippen LogP contribution in [0.2, 0.25) is 0 Å². The molecule has 14 rings (SSSR count). The predicted octanol–water partition coefficient (Wildman–Crippen LogP) is 12.6. The molecule has 3 aromatic rings. The third-order valence-electron chi connectivity index (χ3n) is 23.4. The van der Waals surface area contributed by atoms with E-state index in [4.69, 9.17) is 9.47 Å². The van der Waals surface area contributed by atoms with E-state index in [1.54, 1.807) is 0 Å². The molecule has 0 radical (unpaired) electrons. The summed E-state index contributed by atoms with van der Waals surface area (Å²) in [6.45, 7) is 16.0. The second-order valence-electron chi connectivity index (χ2n) is 27.4. The first kappa shape index (κ1) is 47.4. The Labute approximate surface area is 423 Å². The Morgan fingerprint density at radius 3 is 2.27 bits per heavy atom. The number of rotatable bonds is 8. The maximum Gasteiger partial charge on any atom is 0.160 e. The van der Waals surface area contributed by atoms with E-state index in [2.05, 4.69) is 93.8 Å². The van der Waals surface area contributed by atoms with E-state index in [0.717, 1.165) is 83.0 Å². The molecular formula is C63H84N2O6. The molecule has 3 N–H and O–H groups in total. The second-order valence-corrected chi connectivity index (χ2v) is 27.4. The molecular weight excluding hydrogens is 881 g/mol. The van der Waals surface area contributed by atoms with E-state index in [9.17, 15) is 15.0 Å². The van der Waals surface area contributed by atoms with Gasteiger partial charge in [0.25, 0.3) is 0 Å². The molecule has 382 valence electrons. The number of aromatic amines is 1. The lowest BCUT2D eigenvalue weighted by Gasteiger charge is -2.73. The maximum atomic E-state index is 15.8. The van der Waals surface area contributed by atoms with Gasteiger partial charge in [-0.15, -0.1) is 0 Å². The first-order valence-electron chi connectivity index (χ1n) is 28.9. The van der Waals surface area contributed by atoms with E-state index < -0.39 is 33.6 Å². The summed E-state index contributed by atoms with van der Waals surface area (Å²) in [6, 6.07) is 7.62. The molecule has 8 heteroatoms. The van der Waals surface area contributed by atoms with Crippen LogP contribution in [0.15, 0.2) is 53.9 Å². The van der Waals surface area contributed by atoms with Crippen LogP contribution in [-0.2, 0) is 38.4 Å². The highest BCUT2D eigenvalue weighted by molar-refractivity contribution is 6.02. The van der Waals surface area contributed by atoms with Gasteiger partial charge >= 0.3 is 0 Å². The predicted molar refractivity (Wildman–Crippen MR) is 278 cm³/mol. The second kappa shape index (κ2) is 16.3. The SMILES string of the molecule is CC1(C)O[C@@H]1[C@H](O)C[C@]1(C)CCc2c[nH]c3c(Cc4cc(C5CCCCC5)cc(C5CCOCC5)c4)cn(c23)C[C@@H]2C3=C1C(=O)C[C@@]31CC=C[C@]2(O)[C@@H]2[C@]3(C)CCC(=O)[C@@](C)(C4CCCC4)[C@@H]3CC[C@@]21C. The number of Topliss-reactive ketones (excluding diaryl/α,β-unsaturated/α-hetero) is 2. The van der Waals surface area contributed by atoms with Crippen molar-refractivity contribution in [2.75, 3.05) is 13.2 Å². The zero-order valence-corrected chi connectivity index (χ0v) is 44.1. The summed E-state index contributed by atoms with van der Waals surface area (Å²) in [5.74, 6) is 1.88. The number of aliphatic hydroxyl groups is 2. The zero-order chi connectivity index (χ0) is 49.1. The number of ether oxygens (including phenoxy) is 2. The van der Waals surface area contributed by atoms with Crippen molar-refractivity contribution in [3.8, 4) is 0 Å². The van der Waals surface area contributed by atoms with Crippen LogP contribution in [0.25, 0.3) is 11.0 Å². The number of fused-ring (bicyclic) bond motifs is 2. The van der Waals surface area contributed by atoms with Crippen molar-refractivity contribution in [3.05, 3.63) is 81.7 Å². The number of aliphatic hydroxyl groups excluding tert-OH is 1. The van der Waals surface area contributed by atoms with Crippen LogP contribution in [-0.4, -0.2) is 68.0 Å². The fourth-order valence-electron chi connectivity index (χ4n) is 20.0. The summed E-state index contributed by atoms with van der Waals surface area (Å²) < 4.78 is 14.5. The Morgan fingerprint density at radius 1 is 0.845 bits per heavy atom. The van der Waals surface area contributed by atoms with Crippen LogP contribution in [0.1, 0.15) is 203 Å². The molecule has 0 unspecified atom stereocenters. The van der Waals surface area contributed by atoms with Gasteiger partial charge in [-0.3, -0.25) is 9.59 Å². The Bertz CT molecular complexity index is 2690. The van der Waals surface area contributed by atoms with Gasteiger partial charge in [0, 0.05) is 79.7 Å². The molecule has 11 aliphatic rings. The monoisotopic (exact) mass is 965 g/mol. The van der Waals surface area contributed by atoms with Crippen molar-refractivity contribution in [2.24, 2.45) is 50.7 Å². The van der Waals surface area contributed by atoms with Crippen molar-refractivity contribution in [1.29, 1.82) is 0 Å². The molecule has 2 aromatic heterocycles. The van der Waals surface area contributed by atoms with Crippen molar-refractivity contribution in [2.45, 2.75) is 218 Å². The number of nitrogens with one attached hydrogen (secondary N) is 1. The van der Waals surface area contributed by atoms with Crippen molar-refractivity contribution >= 4 is 22.6 Å². The Hall–Kier alpha value is -3.30. The lowest BCUT2D eigenvalue weighted by molar-refractivity contribution is -0.249. The minimum Gasteiger partial charge on any atom is -0.390 e. The smallest absolute Gasteiger partial charge is 0.160 e. The largest absolute Gasteiger partial charge is 0.390 e. The number of epoxide rings is 1. The summed E-state index contributed by atoms with van der Waals surface area (Å²) in [5, 5.41) is 26.9. The fraction of sp³-hybridized carbons (Fsp3) is 0.714. The lowest BCUT2D eigenvalue weighted by Crippen LogP contribution is -2.72. The van der Waals surface area contributed by atoms with Crippen LogP contribution in [0.5, 0.6) is 0 Å². The molecule has 8 nitrogen and oxygen atoms in total. The highest BCUT2D eigenvalue weighted by Gasteiger charge is 2.78. The van der Waals surface area contributed by atoms with Gasteiger partial charge in [0.15, 0.2) is 5.78 Å². The van der Waals surface area contributed by atoms with Crippen LogP contribution >= 0.6 is 0 Å². The molecule has 2 bridgehead atoms. The van der Waals surface area contributed by atoms with E-state index in [1.807, 2.05) is 0 Å². The number of hydrogen-bond donors (Lipinski definition) is 3. The van der Waals surface area contributed by atoms with Crippen LogP contribution in [0, 0.1) is 50.7 Å². The van der Waals surface area contributed by atoms with Gasteiger partial charge in [0.2, 0.25) is 0 Å². The normalized spacial score (nSPS) is 40.7. The molecule has 7 fully saturated rings.